The molecule has 6 rings (SSSR count). The molecule has 4 aliphatic rings. The van der Waals surface area contributed by atoms with Gasteiger partial charge in [-0.25, -0.2) is 8.78 Å². The van der Waals surface area contributed by atoms with Crippen molar-refractivity contribution in [3.63, 3.8) is 0 Å². The summed E-state index contributed by atoms with van der Waals surface area (Å²) < 4.78 is 33.1. The third kappa shape index (κ3) is 2.50. The second-order valence-electron chi connectivity index (χ2n) is 8.37. The molecule has 0 radical (unpaired) electrons. The van der Waals surface area contributed by atoms with Crippen LogP contribution in [0.3, 0.4) is 0 Å². The van der Waals surface area contributed by atoms with Crippen molar-refractivity contribution in [1.29, 1.82) is 0 Å². The highest BCUT2D eigenvalue weighted by Gasteiger charge is 2.54. The van der Waals surface area contributed by atoms with Gasteiger partial charge in [0.15, 0.2) is 0 Å². The van der Waals surface area contributed by atoms with Crippen LogP contribution in [0.15, 0.2) is 10.5 Å². The van der Waals surface area contributed by atoms with Gasteiger partial charge in [0.1, 0.15) is 12.2 Å². The molecular weight excluding hydrogens is 326 g/mol. The molecule has 0 saturated heterocycles. The van der Waals surface area contributed by atoms with Crippen molar-refractivity contribution in [3.05, 3.63) is 29.2 Å². The van der Waals surface area contributed by atoms with Gasteiger partial charge in [-0.3, -0.25) is 4.68 Å². The second-order valence-corrected chi connectivity index (χ2v) is 8.37. The molecule has 2 aromatic rings. The SMILES string of the molecule is Cc1cc(C(F)F)nn1Cc1nnc(C23CC4CC(CC(C4)C2)C3)o1. The van der Waals surface area contributed by atoms with Crippen LogP contribution in [0.1, 0.15) is 68.1 Å². The van der Waals surface area contributed by atoms with E-state index in [0.717, 1.165) is 42.9 Å². The van der Waals surface area contributed by atoms with E-state index in [4.69, 9.17) is 4.42 Å². The van der Waals surface area contributed by atoms with Crippen LogP contribution in [0, 0.1) is 24.7 Å². The fourth-order valence-corrected chi connectivity index (χ4v) is 5.83. The highest BCUT2D eigenvalue weighted by molar-refractivity contribution is 5.15. The minimum atomic E-state index is -2.56. The first kappa shape index (κ1) is 15.5. The molecule has 0 amide bonds. The number of hydrogen-bond donors (Lipinski definition) is 0. The van der Waals surface area contributed by atoms with Crippen molar-refractivity contribution in [2.75, 3.05) is 0 Å². The Balaban J connectivity index is 1.39. The van der Waals surface area contributed by atoms with Crippen LogP contribution in [-0.4, -0.2) is 20.0 Å². The largest absolute Gasteiger partial charge is 0.423 e. The van der Waals surface area contributed by atoms with Gasteiger partial charge >= 0.3 is 0 Å². The quantitative estimate of drug-likeness (QED) is 0.837. The zero-order valence-electron chi connectivity index (χ0n) is 14.3. The summed E-state index contributed by atoms with van der Waals surface area (Å²) in [6.07, 6.45) is 5.02. The maximum absolute atomic E-state index is 12.8. The average molecular weight is 348 g/mol. The van der Waals surface area contributed by atoms with E-state index in [1.54, 1.807) is 6.92 Å². The molecule has 7 heteroatoms. The lowest BCUT2D eigenvalue weighted by Gasteiger charge is -2.55. The number of aromatic nitrogens is 4. The van der Waals surface area contributed by atoms with E-state index < -0.39 is 6.43 Å². The third-order valence-electron chi connectivity index (χ3n) is 6.47. The first-order valence-corrected chi connectivity index (χ1v) is 9.16. The van der Waals surface area contributed by atoms with Crippen molar-refractivity contribution in [2.24, 2.45) is 17.8 Å². The van der Waals surface area contributed by atoms with Crippen LogP contribution < -0.4 is 0 Å². The summed E-state index contributed by atoms with van der Waals surface area (Å²) in [5.41, 5.74) is 0.524. The molecular formula is C18H22F2N4O. The highest BCUT2D eigenvalue weighted by Crippen LogP contribution is 2.60. The van der Waals surface area contributed by atoms with Gasteiger partial charge in [-0.1, -0.05) is 0 Å². The third-order valence-corrected chi connectivity index (χ3v) is 6.47. The Labute approximate surface area is 144 Å². The van der Waals surface area contributed by atoms with Gasteiger partial charge in [-0.15, -0.1) is 10.2 Å². The maximum Gasteiger partial charge on any atom is 0.282 e. The lowest BCUT2D eigenvalue weighted by molar-refractivity contribution is -0.0183. The molecule has 4 aliphatic carbocycles. The van der Waals surface area contributed by atoms with E-state index in [1.165, 1.54) is 30.0 Å². The molecule has 0 spiro atoms. The number of aryl methyl sites for hydroxylation is 1. The fraction of sp³-hybridized carbons (Fsp3) is 0.722. The lowest BCUT2D eigenvalue weighted by Crippen LogP contribution is -2.48. The van der Waals surface area contributed by atoms with E-state index >= 15 is 0 Å². The molecule has 2 heterocycles. The van der Waals surface area contributed by atoms with E-state index in [0.29, 0.717) is 11.6 Å². The van der Waals surface area contributed by atoms with E-state index in [-0.39, 0.29) is 17.7 Å². The Hall–Kier alpha value is -1.79. The molecule has 0 aliphatic heterocycles. The monoisotopic (exact) mass is 348 g/mol. The van der Waals surface area contributed by atoms with Gasteiger partial charge < -0.3 is 4.42 Å². The Morgan fingerprint density at radius 2 is 1.80 bits per heavy atom. The summed E-state index contributed by atoms with van der Waals surface area (Å²) in [5, 5.41) is 12.5. The second kappa shape index (κ2) is 5.35. The Bertz CT molecular complexity index is 762. The van der Waals surface area contributed by atoms with Gasteiger partial charge in [-0.2, -0.15) is 5.10 Å². The van der Waals surface area contributed by atoms with Crippen molar-refractivity contribution >= 4 is 0 Å². The molecule has 4 fully saturated rings. The average Bonchev–Trinajstić information content (AvgIpc) is 3.14. The molecule has 134 valence electrons. The predicted molar refractivity (Wildman–Crippen MR) is 85.2 cm³/mol. The summed E-state index contributed by atoms with van der Waals surface area (Å²) in [7, 11) is 0. The van der Waals surface area contributed by atoms with Crippen LogP contribution in [0.2, 0.25) is 0 Å². The number of rotatable bonds is 4. The summed E-state index contributed by atoms with van der Waals surface area (Å²) in [6.45, 7) is 2.01. The summed E-state index contributed by atoms with van der Waals surface area (Å²) in [4.78, 5) is 0. The standard InChI is InChI=1S/C18H22F2N4O/c1-10-2-14(16(19)20)23-24(10)9-15-21-22-17(25-15)18-6-11-3-12(7-18)5-13(4-11)8-18/h2,11-13,16H,3-9H2,1H3. The summed E-state index contributed by atoms with van der Waals surface area (Å²) >= 11 is 0. The Kier molecular flexibility index (Phi) is 3.31. The minimum Gasteiger partial charge on any atom is -0.423 e. The van der Waals surface area contributed by atoms with Crippen LogP contribution in [0.4, 0.5) is 8.78 Å². The van der Waals surface area contributed by atoms with Crippen LogP contribution in [-0.2, 0) is 12.0 Å². The Morgan fingerprint density at radius 3 is 2.36 bits per heavy atom. The van der Waals surface area contributed by atoms with E-state index in [2.05, 4.69) is 15.3 Å². The fourth-order valence-electron chi connectivity index (χ4n) is 5.83. The molecule has 0 aromatic carbocycles. The Morgan fingerprint density at radius 1 is 1.16 bits per heavy atom. The van der Waals surface area contributed by atoms with Gasteiger partial charge in [0.2, 0.25) is 11.8 Å². The minimum absolute atomic E-state index is 0.0628. The molecule has 0 atom stereocenters. The van der Waals surface area contributed by atoms with Gasteiger partial charge in [0.05, 0.1) is 0 Å². The highest BCUT2D eigenvalue weighted by atomic mass is 19.3. The van der Waals surface area contributed by atoms with Crippen molar-refractivity contribution in [2.45, 2.75) is 63.8 Å². The molecule has 0 unspecified atom stereocenters. The smallest absolute Gasteiger partial charge is 0.282 e. The van der Waals surface area contributed by atoms with Crippen LogP contribution in [0.25, 0.3) is 0 Å². The lowest BCUT2D eigenvalue weighted by atomic mass is 9.49. The van der Waals surface area contributed by atoms with E-state index in [1.807, 2.05) is 0 Å². The molecule has 0 N–H and O–H groups in total. The maximum atomic E-state index is 12.8. The van der Waals surface area contributed by atoms with Crippen LogP contribution in [0.5, 0.6) is 0 Å². The van der Waals surface area contributed by atoms with Crippen molar-refractivity contribution in [1.82, 2.24) is 20.0 Å². The van der Waals surface area contributed by atoms with Gasteiger partial charge in [0.25, 0.3) is 6.43 Å². The molecule has 4 saturated carbocycles. The van der Waals surface area contributed by atoms with Gasteiger partial charge in [-0.05, 0) is 69.3 Å². The number of halogens is 2. The summed E-state index contributed by atoms with van der Waals surface area (Å²) in [5.74, 6) is 3.65. The van der Waals surface area contributed by atoms with E-state index in [9.17, 15) is 8.78 Å². The number of alkyl halides is 2. The molecule has 4 bridgehead atoms. The zero-order chi connectivity index (χ0) is 17.2. The first-order chi connectivity index (χ1) is 12.0. The number of nitrogens with zero attached hydrogens (tertiary/aromatic N) is 4. The topological polar surface area (TPSA) is 56.7 Å². The zero-order valence-corrected chi connectivity index (χ0v) is 14.3. The van der Waals surface area contributed by atoms with Crippen LogP contribution >= 0.6 is 0 Å². The van der Waals surface area contributed by atoms with Crippen molar-refractivity contribution in [3.8, 4) is 0 Å². The normalized spacial score (nSPS) is 33.5. The summed E-state index contributed by atoms with van der Waals surface area (Å²) in [6, 6.07) is 1.40. The first-order valence-electron chi connectivity index (χ1n) is 9.16. The number of hydrogen-bond acceptors (Lipinski definition) is 4. The molecule has 25 heavy (non-hydrogen) atoms. The predicted octanol–water partition coefficient (Wildman–Crippen LogP) is 4.03. The van der Waals surface area contributed by atoms with Gasteiger partial charge in [0, 0.05) is 11.1 Å². The van der Waals surface area contributed by atoms with Crippen molar-refractivity contribution < 1.29 is 13.2 Å². The molecule has 5 nitrogen and oxygen atoms in total. The molecule has 2 aromatic heterocycles.